The van der Waals surface area contributed by atoms with E-state index >= 15 is 0 Å². The standard InChI is InChI=1S/C24H18BrFN2O2S/c1-15-22(14-31-19-5-3-2-4-6-19)28-24(30-15)17-9-7-16(8-10-17)23(29)27-21-12-11-18(25)13-20(21)26/h2-13H,14H2,1H3,(H,27,29). The molecule has 1 amide bonds. The second kappa shape index (κ2) is 9.49. The highest BCUT2D eigenvalue weighted by Gasteiger charge is 2.14. The Morgan fingerprint density at radius 2 is 1.84 bits per heavy atom. The largest absolute Gasteiger partial charge is 0.441 e. The van der Waals surface area contributed by atoms with Crippen molar-refractivity contribution < 1.29 is 13.6 Å². The highest BCUT2D eigenvalue weighted by atomic mass is 79.9. The van der Waals surface area contributed by atoms with Crippen LogP contribution in [-0.4, -0.2) is 10.9 Å². The van der Waals surface area contributed by atoms with Crippen LogP contribution in [0.2, 0.25) is 0 Å². The van der Waals surface area contributed by atoms with Gasteiger partial charge >= 0.3 is 0 Å². The van der Waals surface area contributed by atoms with Crippen molar-refractivity contribution in [2.75, 3.05) is 5.32 Å². The summed E-state index contributed by atoms with van der Waals surface area (Å²) in [5, 5.41) is 2.58. The monoisotopic (exact) mass is 496 g/mol. The van der Waals surface area contributed by atoms with Crippen molar-refractivity contribution in [2.24, 2.45) is 0 Å². The van der Waals surface area contributed by atoms with Gasteiger partial charge in [0.15, 0.2) is 0 Å². The van der Waals surface area contributed by atoms with E-state index in [0.29, 0.717) is 21.7 Å². The summed E-state index contributed by atoms with van der Waals surface area (Å²) in [5.74, 6) is 1.09. The van der Waals surface area contributed by atoms with Gasteiger partial charge in [0, 0.05) is 26.2 Å². The van der Waals surface area contributed by atoms with Crippen LogP contribution in [0.25, 0.3) is 11.5 Å². The number of rotatable bonds is 6. The van der Waals surface area contributed by atoms with Gasteiger partial charge in [-0.3, -0.25) is 4.79 Å². The molecule has 4 nitrogen and oxygen atoms in total. The van der Waals surface area contributed by atoms with Crippen LogP contribution in [0.5, 0.6) is 0 Å². The summed E-state index contributed by atoms with van der Waals surface area (Å²) in [6, 6.07) is 21.5. The number of hydrogen-bond donors (Lipinski definition) is 1. The number of anilines is 1. The molecule has 156 valence electrons. The molecule has 4 rings (SSSR count). The van der Waals surface area contributed by atoms with Crippen molar-refractivity contribution in [3.8, 4) is 11.5 Å². The predicted octanol–water partition coefficient (Wildman–Crippen LogP) is 7.10. The quantitative estimate of drug-likeness (QED) is 0.289. The van der Waals surface area contributed by atoms with Crippen molar-refractivity contribution in [3.63, 3.8) is 0 Å². The van der Waals surface area contributed by atoms with Crippen LogP contribution in [0.15, 0.2) is 86.6 Å². The van der Waals surface area contributed by atoms with Gasteiger partial charge < -0.3 is 9.73 Å². The van der Waals surface area contributed by atoms with E-state index in [1.807, 2.05) is 25.1 Å². The van der Waals surface area contributed by atoms with Crippen molar-refractivity contribution in [2.45, 2.75) is 17.6 Å². The lowest BCUT2D eigenvalue weighted by molar-refractivity contribution is 0.102. The highest BCUT2D eigenvalue weighted by Crippen LogP contribution is 2.28. The number of oxazole rings is 1. The van der Waals surface area contributed by atoms with E-state index in [0.717, 1.165) is 17.0 Å². The average molecular weight is 497 g/mol. The van der Waals surface area contributed by atoms with Crippen molar-refractivity contribution in [1.82, 2.24) is 4.98 Å². The molecule has 4 aromatic rings. The number of hydrogen-bond acceptors (Lipinski definition) is 4. The lowest BCUT2D eigenvalue weighted by Crippen LogP contribution is -2.12. The number of benzene rings is 3. The first kappa shape index (κ1) is 21.3. The summed E-state index contributed by atoms with van der Waals surface area (Å²) in [4.78, 5) is 18.2. The van der Waals surface area contributed by atoms with Crippen LogP contribution in [0.3, 0.4) is 0 Å². The lowest BCUT2D eigenvalue weighted by atomic mass is 10.1. The summed E-state index contributed by atoms with van der Waals surface area (Å²) in [5.41, 5.74) is 2.19. The van der Waals surface area contributed by atoms with Crippen LogP contribution in [0, 0.1) is 12.7 Å². The smallest absolute Gasteiger partial charge is 0.255 e. The van der Waals surface area contributed by atoms with Crippen LogP contribution < -0.4 is 5.32 Å². The van der Waals surface area contributed by atoms with E-state index in [9.17, 15) is 9.18 Å². The summed E-state index contributed by atoms with van der Waals surface area (Å²) in [6.45, 7) is 1.89. The van der Waals surface area contributed by atoms with Gasteiger partial charge in [-0.1, -0.05) is 34.1 Å². The minimum Gasteiger partial charge on any atom is -0.441 e. The topological polar surface area (TPSA) is 55.1 Å². The Kier molecular flexibility index (Phi) is 6.53. The number of nitrogens with zero attached hydrogens (tertiary/aromatic N) is 1. The molecule has 1 N–H and O–H groups in total. The van der Waals surface area contributed by atoms with Gasteiger partial charge in [0.05, 0.1) is 11.4 Å². The molecule has 0 aliphatic carbocycles. The summed E-state index contributed by atoms with van der Waals surface area (Å²) in [6.07, 6.45) is 0. The molecule has 0 aliphatic heterocycles. The Bertz CT molecular complexity index is 1210. The molecule has 0 fully saturated rings. The number of carbonyl (C=O) groups excluding carboxylic acids is 1. The average Bonchev–Trinajstić information content (AvgIpc) is 3.15. The van der Waals surface area contributed by atoms with Crippen molar-refractivity contribution in [3.05, 3.63) is 100 Å². The van der Waals surface area contributed by atoms with Crippen LogP contribution in [-0.2, 0) is 5.75 Å². The SMILES string of the molecule is Cc1oc(-c2ccc(C(=O)Nc3ccc(Br)cc3F)cc2)nc1CSc1ccccc1. The van der Waals surface area contributed by atoms with E-state index < -0.39 is 11.7 Å². The third-order valence-electron chi connectivity index (χ3n) is 4.58. The normalized spacial score (nSPS) is 10.8. The third kappa shape index (κ3) is 5.24. The van der Waals surface area contributed by atoms with E-state index in [4.69, 9.17) is 4.42 Å². The van der Waals surface area contributed by atoms with Gasteiger partial charge in [0.1, 0.15) is 11.6 Å². The first-order valence-electron chi connectivity index (χ1n) is 9.50. The molecular weight excluding hydrogens is 479 g/mol. The molecule has 0 aliphatic rings. The van der Waals surface area contributed by atoms with Gasteiger partial charge in [-0.2, -0.15) is 0 Å². The Morgan fingerprint density at radius 3 is 2.55 bits per heavy atom. The minimum atomic E-state index is -0.504. The zero-order valence-corrected chi connectivity index (χ0v) is 19.0. The molecule has 0 radical (unpaired) electrons. The molecule has 0 saturated carbocycles. The number of thioether (sulfide) groups is 1. The van der Waals surface area contributed by atoms with Gasteiger partial charge in [-0.25, -0.2) is 9.37 Å². The minimum absolute atomic E-state index is 0.126. The van der Waals surface area contributed by atoms with E-state index in [-0.39, 0.29) is 5.69 Å². The van der Waals surface area contributed by atoms with Gasteiger partial charge in [-0.05, 0) is 61.5 Å². The van der Waals surface area contributed by atoms with Gasteiger partial charge in [-0.15, -0.1) is 11.8 Å². The van der Waals surface area contributed by atoms with E-state index in [1.165, 1.54) is 17.0 Å². The number of aryl methyl sites for hydroxylation is 1. The fourth-order valence-corrected chi connectivity index (χ4v) is 4.16. The van der Waals surface area contributed by atoms with Crippen molar-refractivity contribution >= 4 is 39.3 Å². The first-order valence-corrected chi connectivity index (χ1v) is 11.3. The number of aromatic nitrogens is 1. The number of nitrogens with one attached hydrogen (secondary N) is 1. The fraction of sp³-hybridized carbons (Fsp3) is 0.0833. The number of halogens is 2. The van der Waals surface area contributed by atoms with Gasteiger partial charge in [0.25, 0.3) is 5.91 Å². The van der Waals surface area contributed by atoms with E-state index in [1.54, 1.807) is 42.1 Å². The Labute approximate surface area is 192 Å². The maximum atomic E-state index is 14.0. The highest BCUT2D eigenvalue weighted by molar-refractivity contribution is 9.10. The summed E-state index contributed by atoms with van der Waals surface area (Å²) < 4.78 is 20.4. The maximum absolute atomic E-state index is 14.0. The lowest BCUT2D eigenvalue weighted by Gasteiger charge is -2.07. The van der Waals surface area contributed by atoms with Crippen LogP contribution in [0.4, 0.5) is 10.1 Å². The predicted molar refractivity (Wildman–Crippen MR) is 125 cm³/mol. The van der Waals surface area contributed by atoms with Crippen LogP contribution in [0.1, 0.15) is 21.8 Å². The molecule has 0 unspecified atom stereocenters. The Morgan fingerprint density at radius 1 is 1.10 bits per heavy atom. The summed E-state index contributed by atoms with van der Waals surface area (Å²) >= 11 is 4.89. The molecule has 1 aromatic heterocycles. The molecule has 0 bridgehead atoms. The molecule has 3 aromatic carbocycles. The molecule has 0 spiro atoms. The third-order valence-corrected chi connectivity index (χ3v) is 6.10. The van der Waals surface area contributed by atoms with E-state index in [2.05, 4.69) is 38.4 Å². The second-order valence-electron chi connectivity index (χ2n) is 6.78. The first-order chi connectivity index (χ1) is 15.0. The Hall–Kier alpha value is -2.90. The maximum Gasteiger partial charge on any atom is 0.255 e. The Balaban J connectivity index is 1.44. The molecule has 0 saturated heterocycles. The molecule has 1 heterocycles. The molecular formula is C24H18BrFN2O2S. The zero-order valence-electron chi connectivity index (χ0n) is 16.6. The van der Waals surface area contributed by atoms with Crippen molar-refractivity contribution in [1.29, 1.82) is 0 Å². The number of carbonyl (C=O) groups is 1. The number of amides is 1. The second-order valence-corrected chi connectivity index (χ2v) is 8.74. The van der Waals surface area contributed by atoms with Gasteiger partial charge in [0.2, 0.25) is 5.89 Å². The summed E-state index contributed by atoms with van der Waals surface area (Å²) in [7, 11) is 0. The van der Waals surface area contributed by atoms with Crippen LogP contribution >= 0.6 is 27.7 Å². The molecule has 0 atom stereocenters. The molecule has 7 heteroatoms. The molecule has 31 heavy (non-hydrogen) atoms. The zero-order chi connectivity index (χ0) is 21.8. The fourth-order valence-electron chi connectivity index (χ4n) is 2.90.